The molecule has 10 nitrogen and oxygen atoms in total. The van der Waals surface area contributed by atoms with Crippen LogP contribution in [0.4, 0.5) is 0 Å². The van der Waals surface area contributed by atoms with Gasteiger partial charge in [-0.3, -0.25) is 0 Å². The fraction of sp³-hybridized carbons (Fsp3) is 0.222. The van der Waals surface area contributed by atoms with Crippen molar-refractivity contribution in [3.8, 4) is 0 Å². The van der Waals surface area contributed by atoms with Gasteiger partial charge in [-0.15, -0.1) is 0 Å². The van der Waals surface area contributed by atoms with Crippen LogP contribution < -0.4 is 0 Å². The molecule has 4 rings (SSSR count). The average Bonchev–Trinajstić information content (AvgIpc) is 2.96. The molecule has 1 fully saturated rings. The van der Waals surface area contributed by atoms with Crippen molar-refractivity contribution in [3.63, 3.8) is 0 Å². The van der Waals surface area contributed by atoms with Gasteiger partial charge in [-0.05, 0) is 41.9 Å². The van der Waals surface area contributed by atoms with Gasteiger partial charge in [0.15, 0.2) is 18.4 Å². The topological polar surface area (TPSA) is 137 Å². The Balaban J connectivity index is 1.63. The van der Waals surface area contributed by atoms with Gasteiger partial charge in [0.25, 0.3) is 0 Å². The molecular weight excluding hydrogens is 558 g/mol. The number of carbonyl (C=O) groups is 3. The summed E-state index contributed by atoms with van der Waals surface area (Å²) in [6.45, 7) is -0.378. The van der Waals surface area contributed by atoms with Crippen LogP contribution in [0.3, 0.4) is 0 Å². The Kier molecular flexibility index (Phi) is 9.10. The Morgan fingerprint density at radius 1 is 0.763 bits per heavy atom. The second kappa shape index (κ2) is 12.9. The van der Waals surface area contributed by atoms with Gasteiger partial charge in [0.2, 0.25) is 0 Å². The third kappa shape index (κ3) is 6.57. The minimum atomic E-state index is -1.23. The van der Waals surface area contributed by atoms with Crippen molar-refractivity contribution in [2.24, 2.45) is 5.11 Å². The lowest BCUT2D eigenvalue weighted by molar-refractivity contribution is -0.175. The lowest BCUT2D eigenvalue weighted by Crippen LogP contribution is -2.59. The third-order valence-corrected chi connectivity index (χ3v) is 6.62. The van der Waals surface area contributed by atoms with E-state index in [0.29, 0.717) is 5.56 Å². The molecule has 0 aromatic heterocycles. The number of nitrogens with zero attached hydrogens (tertiary/aromatic N) is 3. The molecule has 38 heavy (non-hydrogen) atoms. The van der Waals surface area contributed by atoms with Crippen LogP contribution in [0.15, 0.2) is 96.1 Å². The van der Waals surface area contributed by atoms with Crippen LogP contribution in [0.2, 0.25) is 0 Å². The fourth-order valence-electron chi connectivity index (χ4n) is 3.78. The Morgan fingerprint density at radius 3 is 1.68 bits per heavy atom. The minimum absolute atomic E-state index is 0.254. The summed E-state index contributed by atoms with van der Waals surface area (Å²) in [5.41, 5.74) is 9.90. The molecular formula is C27H22BrN3O7. The SMILES string of the molecule is [N-]=[N+]=N[C@H]1O[C@H](COC(=O)c2ccccc2)[C@H](OC(=O)c2ccccc2)[C@H](OC(=O)c2ccccc2)[C@@H]1Br. The molecule has 0 unspecified atom stereocenters. The monoisotopic (exact) mass is 579 g/mol. The summed E-state index contributed by atoms with van der Waals surface area (Å²) in [5.74, 6) is -2.04. The number of benzene rings is 3. The number of rotatable bonds is 8. The number of hydrogen-bond donors (Lipinski definition) is 0. The highest BCUT2D eigenvalue weighted by Gasteiger charge is 2.49. The van der Waals surface area contributed by atoms with Crippen molar-refractivity contribution >= 4 is 33.8 Å². The van der Waals surface area contributed by atoms with Gasteiger partial charge in [-0.2, -0.15) is 0 Å². The van der Waals surface area contributed by atoms with Crippen LogP contribution in [0.1, 0.15) is 31.1 Å². The number of hydrogen-bond acceptors (Lipinski definition) is 8. The van der Waals surface area contributed by atoms with Crippen LogP contribution in [0, 0.1) is 0 Å². The minimum Gasteiger partial charge on any atom is -0.459 e. The summed E-state index contributed by atoms with van der Waals surface area (Å²) in [6, 6.07) is 24.7. The van der Waals surface area contributed by atoms with E-state index in [9.17, 15) is 14.4 Å². The first-order valence-corrected chi connectivity index (χ1v) is 12.5. The standard InChI is InChI=1S/C27H22BrN3O7/c28-21-23(38-27(34)19-14-8-3-9-15-19)22(37-26(33)18-12-6-2-7-13-18)20(36-24(21)30-31-29)16-35-25(32)17-10-4-1-5-11-17/h1-15,20-24H,16H2/t20-,21+,22+,23-,24+/m1/s1. The zero-order valence-electron chi connectivity index (χ0n) is 19.8. The first kappa shape index (κ1) is 26.9. The highest BCUT2D eigenvalue weighted by molar-refractivity contribution is 9.09. The van der Waals surface area contributed by atoms with E-state index in [0.717, 1.165) is 0 Å². The maximum absolute atomic E-state index is 13.0. The van der Waals surface area contributed by atoms with E-state index < -0.39 is 47.3 Å². The smallest absolute Gasteiger partial charge is 0.338 e. The molecule has 0 N–H and O–H groups in total. The summed E-state index contributed by atoms with van der Waals surface area (Å²) in [5, 5.41) is 3.64. The molecule has 0 bridgehead atoms. The van der Waals surface area contributed by atoms with Gasteiger partial charge >= 0.3 is 17.9 Å². The summed E-state index contributed by atoms with van der Waals surface area (Å²) >= 11 is 3.39. The van der Waals surface area contributed by atoms with Gasteiger partial charge < -0.3 is 18.9 Å². The van der Waals surface area contributed by atoms with Crippen LogP contribution in [0.5, 0.6) is 0 Å². The maximum Gasteiger partial charge on any atom is 0.338 e. The number of halogens is 1. The van der Waals surface area contributed by atoms with E-state index in [-0.39, 0.29) is 17.7 Å². The molecule has 3 aromatic rings. The van der Waals surface area contributed by atoms with Gasteiger partial charge in [-0.1, -0.05) is 75.6 Å². The maximum atomic E-state index is 13.0. The Bertz CT molecular complexity index is 1300. The van der Waals surface area contributed by atoms with Crippen molar-refractivity contribution in [1.82, 2.24) is 0 Å². The Morgan fingerprint density at radius 2 is 1.21 bits per heavy atom. The number of esters is 3. The molecule has 1 saturated heterocycles. The normalized spacial score (nSPS) is 22.4. The summed E-state index contributed by atoms with van der Waals surface area (Å²) in [7, 11) is 0. The third-order valence-electron chi connectivity index (χ3n) is 5.65. The molecule has 194 valence electrons. The van der Waals surface area contributed by atoms with Crippen molar-refractivity contribution in [2.45, 2.75) is 29.4 Å². The summed E-state index contributed by atoms with van der Waals surface area (Å²) in [4.78, 5) is 40.5. The quantitative estimate of drug-likeness (QED) is 0.0904. The van der Waals surface area contributed by atoms with E-state index in [4.69, 9.17) is 24.5 Å². The summed E-state index contributed by atoms with van der Waals surface area (Å²) in [6.07, 6.45) is -4.69. The second-order valence-electron chi connectivity index (χ2n) is 8.15. The van der Waals surface area contributed by atoms with E-state index in [2.05, 4.69) is 26.0 Å². The molecule has 0 radical (unpaired) electrons. The Labute approximate surface area is 226 Å². The zero-order valence-corrected chi connectivity index (χ0v) is 21.4. The van der Waals surface area contributed by atoms with Gasteiger partial charge in [0, 0.05) is 4.91 Å². The second-order valence-corrected chi connectivity index (χ2v) is 9.21. The molecule has 5 atom stereocenters. The predicted octanol–water partition coefficient (Wildman–Crippen LogP) is 5.09. The highest BCUT2D eigenvalue weighted by atomic mass is 79.9. The van der Waals surface area contributed by atoms with E-state index in [1.165, 1.54) is 0 Å². The van der Waals surface area contributed by atoms with Crippen LogP contribution in [-0.2, 0) is 18.9 Å². The molecule has 3 aromatic carbocycles. The number of azide groups is 1. The lowest BCUT2D eigenvalue weighted by Gasteiger charge is -2.42. The predicted molar refractivity (Wildman–Crippen MR) is 139 cm³/mol. The Hall–Kier alpha value is -4.18. The van der Waals surface area contributed by atoms with E-state index in [1.807, 2.05) is 0 Å². The van der Waals surface area contributed by atoms with Crippen molar-refractivity contribution in [2.75, 3.05) is 6.61 Å². The van der Waals surface area contributed by atoms with Crippen molar-refractivity contribution < 1.29 is 33.3 Å². The molecule has 1 aliphatic heterocycles. The lowest BCUT2D eigenvalue weighted by atomic mass is 10.00. The molecule has 0 amide bonds. The number of carbonyl (C=O) groups excluding carboxylic acids is 3. The van der Waals surface area contributed by atoms with Crippen LogP contribution in [-0.4, -0.2) is 53.9 Å². The first-order chi connectivity index (χ1) is 18.5. The van der Waals surface area contributed by atoms with Crippen molar-refractivity contribution in [1.29, 1.82) is 0 Å². The van der Waals surface area contributed by atoms with E-state index in [1.54, 1.807) is 91.0 Å². The van der Waals surface area contributed by atoms with Gasteiger partial charge in [0.05, 0.1) is 21.5 Å². The van der Waals surface area contributed by atoms with Crippen LogP contribution in [0.25, 0.3) is 10.4 Å². The molecule has 1 heterocycles. The molecule has 0 aliphatic carbocycles. The zero-order chi connectivity index (χ0) is 26.9. The number of alkyl halides is 1. The molecule has 11 heteroatoms. The van der Waals surface area contributed by atoms with Crippen molar-refractivity contribution in [3.05, 3.63) is 118 Å². The average molecular weight is 580 g/mol. The largest absolute Gasteiger partial charge is 0.459 e. The number of ether oxygens (including phenoxy) is 4. The van der Waals surface area contributed by atoms with Gasteiger partial charge in [0.1, 0.15) is 12.7 Å². The fourth-order valence-corrected chi connectivity index (χ4v) is 4.42. The highest BCUT2D eigenvalue weighted by Crippen LogP contribution is 2.33. The van der Waals surface area contributed by atoms with Gasteiger partial charge in [-0.25, -0.2) is 14.4 Å². The first-order valence-electron chi connectivity index (χ1n) is 11.6. The molecule has 1 aliphatic rings. The molecule has 0 spiro atoms. The summed E-state index contributed by atoms with van der Waals surface area (Å²) < 4.78 is 22.9. The van der Waals surface area contributed by atoms with E-state index >= 15 is 0 Å². The van der Waals surface area contributed by atoms with Crippen LogP contribution >= 0.6 is 15.9 Å². The molecule has 0 saturated carbocycles.